The van der Waals surface area contributed by atoms with Crippen LogP contribution in [0.1, 0.15) is 66.2 Å². The molecule has 3 aliphatic carbocycles. The minimum atomic E-state index is -0.0328. The van der Waals surface area contributed by atoms with E-state index in [1.54, 1.807) is 0 Å². The number of hydrogen-bond acceptors (Lipinski definition) is 1. The number of hydrogen-bond donors (Lipinski definition) is 1. The van der Waals surface area contributed by atoms with E-state index in [0.29, 0.717) is 16.7 Å². The second-order valence-electron chi connectivity index (χ2n) is 8.33. The van der Waals surface area contributed by atoms with Gasteiger partial charge in [-0.25, -0.2) is 0 Å². The highest BCUT2D eigenvalue weighted by molar-refractivity contribution is 5.11. The van der Waals surface area contributed by atoms with Gasteiger partial charge in [-0.05, 0) is 73.0 Å². The molecule has 3 rings (SSSR count). The summed E-state index contributed by atoms with van der Waals surface area (Å²) in [6, 6.07) is 0. The smallest absolute Gasteiger partial charge is 0.0568 e. The van der Waals surface area contributed by atoms with Crippen LogP contribution >= 0.6 is 0 Å². The Kier molecular flexibility index (Phi) is 2.86. The molecule has 1 N–H and O–H groups in total. The van der Waals surface area contributed by atoms with E-state index in [1.807, 2.05) is 0 Å². The van der Waals surface area contributed by atoms with E-state index in [0.717, 1.165) is 24.2 Å². The lowest BCUT2D eigenvalue weighted by atomic mass is 9.60. The summed E-state index contributed by atoms with van der Waals surface area (Å²) in [6.07, 6.45) is 7.96. The van der Waals surface area contributed by atoms with Crippen LogP contribution in [0.25, 0.3) is 0 Å². The Balaban J connectivity index is 1.79. The fourth-order valence-corrected chi connectivity index (χ4v) is 5.67. The van der Waals surface area contributed by atoms with Gasteiger partial charge < -0.3 is 5.11 Å². The van der Waals surface area contributed by atoms with Crippen LogP contribution in [-0.2, 0) is 0 Å². The third-order valence-corrected chi connectivity index (χ3v) is 7.62. The second kappa shape index (κ2) is 3.98. The van der Waals surface area contributed by atoms with E-state index in [2.05, 4.69) is 27.7 Å². The maximum atomic E-state index is 10.2. The molecule has 1 heteroatoms. The van der Waals surface area contributed by atoms with Gasteiger partial charge in [0.25, 0.3) is 0 Å². The molecule has 0 aromatic carbocycles. The Labute approximate surface area is 112 Å². The summed E-state index contributed by atoms with van der Waals surface area (Å²) in [5.74, 6) is 3.16. The summed E-state index contributed by atoms with van der Waals surface area (Å²) in [5, 5.41) is 10.2. The molecule has 0 spiro atoms. The minimum Gasteiger partial charge on any atom is -0.393 e. The molecule has 18 heavy (non-hydrogen) atoms. The Morgan fingerprint density at radius 2 is 1.72 bits per heavy atom. The SMILES string of the molecule is CC1CCC([C@@H]2C[C@H]3CC[C@]2(C)C3(C)C)CC1O. The molecule has 6 atom stereocenters. The van der Waals surface area contributed by atoms with Gasteiger partial charge in [0, 0.05) is 0 Å². The summed E-state index contributed by atoms with van der Waals surface area (Å²) < 4.78 is 0. The Bertz CT molecular complexity index is 335. The van der Waals surface area contributed by atoms with Crippen molar-refractivity contribution in [2.75, 3.05) is 0 Å². The van der Waals surface area contributed by atoms with Gasteiger partial charge in [-0.1, -0.05) is 27.7 Å². The zero-order chi connectivity index (χ0) is 13.1. The van der Waals surface area contributed by atoms with Crippen LogP contribution in [0.15, 0.2) is 0 Å². The molecule has 104 valence electrons. The lowest BCUT2D eigenvalue weighted by Gasteiger charge is -2.45. The number of aliphatic hydroxyl groups is 1. The molecule has 1 nitrogen and oxygen atoms in total. The van der Waals surface area contributed by atoms with E-state index in [1.165, 1.54) is 32.1 Å². The molecule has 0 aromatic rings. The maximum absolute atomic E-state index is 10.2. The van der Waals surface area contributed by atoms with Crippen LogP contribution in [0.2, 0.25) is 0 Å². The molecule has 3 fully saturated rings. The number of rotatable bonds is 1. The molecule has 0 saturated heterocycles. The summed E-state index contributed by atoms with van der Waals surface area (Å²) in [4.78, 5) is 0. The largest absolute Gasteiger partial charge is 0.393 e. The van der Waals surface area contributed by atoms with Gasteiger partial charge >= 0.3 is 0 Å². The van der Waals surface area contributed by atoms with Gasteiger partial charge in [0.15, 0.2) is 0 Å². The fraction of sp³-hybridized carbons (Fsp3) is 1.00. The van der Waals surface area contributed by atoms with Crippen molar-refractivity contribution in [3.05, 3.63) is 0 Å². The zero-order valence-electron chi connectivity index (χ0n) is 12.6. The quantitative estimate of drug-likeness (QED) is 0.738. The normalized spacial score (nSPS) is 54.8. The van der Waals surface area contributed by atoms with E-state index in [4.69, 9.17) is 0 Å². The maximum Gasteiger partial charge on any atom is 0.0568 e. The molecule has 0 aliphatic heterocycles. The van der Waals surface area contributed by atoms with Crippen molar-refractivity contribution < 1.29 is 5.11 Å². The first-order valence-electron chi connectivity index (χ1n) is 8.04. The van der Waals surface area contributed by atoms with Crippen molar-refractivity contribution >= 4 is 0 Å². The molecular formula is C17H30O. The average Bonchev–Trinajstić information content (AvgIpc) is 2.65. The van der Waals surface area contributed by atoms with Gasteiger partial charge in [-0.2, -0.15) is 0 Å². The topological polar surface area (TPSA) is 20.2 Å². The first-order chi connectivity index (χ1) is 8.36. The average molecular weight is 250 g/mol. The fourth-order valence-electron chi connectivity index (χ4n) is 5.67. The Hall–Kier alpha value is -0.0400. The molecule has 0 aromatic heterocycles. The van der Waals surface area contributed by atoms with Crippen LogP contribution in [0, 0.1) is 34.5 Å². The summed E-state index contributed by atoms with van der Waals surface area (Å²) in [5.41, 5.74) is 1.08. The van der Waals surface area contributed by atoms with Gasteiger partial charge in [0.1, 0.15) is 0 Å². The first-order valence-corrected chi connectivity index (χ1v) is 8.04. The molecular weight excluding hydrogens is 220 g/mol. The summed E-state index contributed by atoms with van der Waals surface area (Å²) in [7, 11) is 0. The van der Waals surface area contributed by atoms with Crippen LogP contribution in [0.4, 0.5) is 0 Å². The number of aliphatic hydroxyl groups excluding tert-OH is 1. The minimum absolute atomic E-state index is 0.0328. The van der Waals surface area contributed by atoms with Gasteiger partial charge in [0.05, 0.1) is 6.10 Å². The van der Waals surface area contributed by atoms with E-state index in [9.17, 15) is 5.11 Å². The standard InChI is InChI=1S/C17H30O/c1-11-5-6-12(9-15(11)18)14-10-13-7-8-17(14,4)16(13,2)3/h11-15,18H,5-10H2,1-4H3/t11?,12?,13-,14+,15?,17+/m1/s1. The van der Waals surface area contributed by atoms with Crippen molar-refractivity contribution in [2.24, 2.45) is 34.5 Å². The van der Waals surface area contributed by atoms with Crippen LogP contribution in [0.5, 0.6) is 0 Å². The van der Waals surface area contributed by atoms with E-state index < -0.39 is 0 Å². The second-order valence-corrected chi connectivity index (χ2v) is 8.33. The molecule has 3 aliphatic rings. The molecule has 3 unspecified atom stereocenters. The van der Waals surface area contributed by atoms with Gasteiger partial charge in [0.2, 0.25) is 0 Å². The number of fused-ring (bicyclic) bond motifs is 2. The van der Waals surface area contributed by atoms with Gasteiger partial charge in [-0.3, -0.25) is 0 Å². The Morgan fingerprint density at radius 1 is 1.00 bits per heavy atom. The summed E-state index contributed by atoms with van der Waals surface area (Å²) in [6.45, 7) is 9.78. The van der Waals surface area contributed by atoms with Gasteiger partial charge in [-0.15, -0.1) is 0 Å². The lowest BCUT2D eigenvalue weighted by Crippen LogP contribution is -2.39. The van der Waals surface area contributed by atoms with Crippen molar-refractivity contribution in [2.45, 2.75) is 72.3 Å². The van der Waals surface area contributed by atoms with E-state index >= 15 is 0 Å². The predicted octanol–water partition coefficient (Wildman–Crippen LogP) is 4.25. The third-order valence-electron chi connectivity index (χ3n) is 7.62. The molecule has 0 amide bonds. The predicted molar refractivity (Wildman–Crippen MR) is 75.2 cm³/mol. The van der Waals surface area contributed by atoms with Crippen molar-refractivity contribution in [1.29, 1.82) is 0 Å². The molecule has 0 radical (unpaired) electrons. The molecule has 0 heterocycles. The molecule has 3 saturated carbocycles. The first kappa shape index (κ1) is 13.0. The van der Waals surface area contributed by atoms with Crippen molar-refractivity contribution in [3.63, 3.8) is 0 Å². The van der Waals surface area contributed by atoms with Crippen LogP contribution in [-0.4, -0.2) is 11.2 Å². The van der Waals surface area contributed by atoms with Crippen LogP contribution < -0.4 is 0 Å². The monoisotopic (exact) mass is 250 g/mol. The molecule has 2 bridgehead atoms. The Morgan fingerprint density at radius 3 is 2.22 bits per heavy atom. The van der Waals surface area contributed by atoms with Crippen molar-refractivity contribution in [3.8, 4) is 0 Å². The van der Waals surface area contributed by atoms with E-state index in [-0.39, 0.29) is 6.10 Å². The third kappa shape index (κ3) is 1.55. The summed E-state index contributed by atoms with van der Waals surface area (Å²) >= 11 is 0. The van der Waals surface area contributed by atoms with Crippen molar-refractivity contribution in [1.82, 2.24) is 0 Å². The lowest BCUT2D eigenvalue weighted by molar-refractivity contribution is -0.00541. The highest BCUT2D eigenvalue weighted by atomic mass is 16.3. The highest BCUT2D eigenvalue weighted by Gasteiger charge is 2.62. The van der Waals surface area contributed by atoms with Crippen LogP contribution in [0.3, 0.4) is 0 Å². The highest BCUT2D eigenvalue weighted by Crippen LogP contribution is 2.70. The zero-order valence-corrected chi connectivity index (χ0v) is 12.6.